The molecule has 2 aromatic rings. The minimum atomic E-state index is -0.739. The highest BCUT2D eigenvalue weighted by Gasteiger charge is 2.21. The molecule has 0 radical (unpaired) electrons. The maximum absolute atomic E-state index is 12.8. The van der Waals surface area contributed by atoms with E-state index in [2.05, 4.69) is 10.2 Å². The molecule has 0 aliphatic rings. The number of nitrogens with zero attached hydrogens (tertiary/aromatic N) is 2. The summed E-state index contributed by atoms with van der Waals surface area (Å²) in [5.41, 5.74) is 1.59. The van der Waals surface area contributed by atoms with Crippen LogP contribution in [0, 0.1) is 5.82 Å². The van der Waals surface area contributed by atoms with Gasteiger partial charge in [0, 0.05) is 5.56 Å². The molecular formula is C15H15FN2O2S. The van der Waals surface area contributed by atoms with Crippen LogP contribution in [0.15, 0.2) is 51.3 Å². The second kappa shape index (κ2) is 7.64. The first-order valence-electron chi connectivity index (χ1n) is 6.50. The molecular weight excluding hydrogens is 291 g/mol. The van der Waals surface area contributed by atoms with Gasteiger partial charge in [-0.05, 0) is 41.4 Å². The molecule has 0 saturated carbocycles. The summed E-state index contributed by atoms with van der Waals surface area (Å²) >= 11 is 1.48. The fourth-order valence-corrected chi connectivity index (χ4v) is 2.37. The van der Waals surface area contributed by atoms with E-state index in [9.17, 15) is 9.18 Å². The Morgan fingerprint density at radius 3 is 2.71 bits per heavy atom. The van der Waals surface area contributed by atoms with E-state index in [0.29, 0.717) is 13.2 Å². The molecule has 1 atom stereocenters. The van der Waals surface area contributed by atoms with E-state index in [1.165, 1.54) is 23.5 Å². The smallest absolute Gasteiger partial charge is 0.337 e. The van der Waals surface area contributed by atoms with Gasteiger partial charge in [0.2, 0.25) is 0 Å². The first kappa shape index (κ1) is 15.3. The lowest BCUT2D eigenvalue weighted by atomic mass is 10.2. The molecule has 0 fully saturated rings. The molecule has 1 unspecified atom stereocenters. The van der Waals surface area contributed by atoms with E-state index in [0.717, 1.165) is 11.1 Å². The summed E-state index contributed by atoms with van der Waals surface area (Å²) in [7, 11) is 0. The maximum atomic E-state index is 12.8. The zero-order valence-corrected chi connectivity index (χ0v) is 12.3. The molecule has 2 rings (SSSR count). The SMILES string of the molecule is CCOC(=O)C(N=NCc1ccc(F)cc1)c1ccsc1. The molecule has 4 nitrogen and oxygen atoms in total. The summed E-state index contributed by atoms with van der Waals surface area (Å²) < 4.78 is 17.8. The third kappa shape index (κ3) is 4.46. The molecule has 6 heteroatoms. The molecule has 1 aromatic heterocycles. The van der Waals surface area contributed by atoms with Crippen LogP contribution in [0.1, 0.15) is 24.1 Å². The standard InChI is InChI=1S/C15H15FN2O2S/c1-2-20-15(19)14(12-7-8-21-10-12)18-17-9-11-3-5-13(16)6-4-11/h3-8,10,14H,2,9H2,1H3. The third-order valence-electron chi connectivity index (χ3n) is 2.73. The number of carbonyl (C=O) groups is 1. The fraction of sp³-hybridized carbons (Fsp3) is 0.267. The van der Waals surface area contributed by atoms with Crippen molar-refractivity contribution in [3.8, 4) is 0 Å². The topological polar surface area (TPSA) is 51.0 Å². The molecule has 0 aliphatic heterocycles. The number of esters is 1. The van der Waals surface area contributed by atoms with E-state index in [-0.39, 0.29) is 5.82 Å². The third-order valence-corrected chi connectivity index (χ3v) is 3.43. The number of carbonyl (C=O) groups excluding carboxylic acids is 1. The lowest BCUT2D eigenvalue weighted by molar-refractivity contribution is -0.144. The van der Waals surface area contributed by atoms with Crippen molar-refractivity contribution < 1.29 is 13.9 Å². The number of benzene rings is 1. The lowest BCUT2D eigenvalue weighted by Crippen LogP contribution is -2.13. The lowest BCUT2D eigenvalue weighted by Gasteiger charge is -2.08. The van der Waals surface area contributed by atoms with E-state index in [1.54, 1.807) is 19.1 Å². The summed E-state index contributed by atoms with van der Waals surface area (Å²) in [6.45, 7) is 2.34. The van der Waals surface area contributed by atoms with Gasteiger partial charge >= 0.3 is 5.97 Å². The van der Waals surface area contributed by atoms with Crippen molar-refractivity contribution in [2.75, 3.05) is 6.61 Å². The Kier molecular flexibility index (Phi) is 5.57. The Bertz CT molecular complexity index is 597. The van der Waals surface area contributed by atoms with Crippen LogP contribution in [-0.4, -0.2) is 12.6 Å². The number of hydrogen-bond donors (Lipinski definition) is 0. The summed E-state index contributed by atoms with van der Waals surface area (Å²) in [5.74, 6) is -0.711. The zero-order chi connectivity index (χ0) is 15.1. The van der Waals surface area contributed by atoms with Gasteiger partial charge in [-0.3, -0.25) is 0 Å². The number of halogens is 1. The van der Waals surface area contributed by atoms with E-state index in [1.807, 2.05) is 16.8 Å². The molecule has 1 heterocycles. The average Bonchev–Trinajstić information content (AvgIpc) is 2.99. The number of hydrogen-bond acceptors (Lipinski definition) is 5. The Morgan fingerprint density at radius 1 is 1.33 bits per heavy atom. The van der Waals surface area contributed by atoms with Crippen LogP contribution >= 0.6 is 11.3 Å². The number of azo groups is 1. The predicted molar refractivity (Wildman–Crippen MR) is 78.7 cm³/mol. The van der Waals surface area contributed by atoms with Crippen molar-refractivity contribution in [1.29, 1.82) is 0 Å². The highest BCUT2D eigenvalue weighted by molar-refractivity contribution is 7.08. The molecule has 0 spiro atoms. The molecule has 110 valence electrons. The average molecular weight is 306 g/mol. The molecule has 0 N–H and O–H groups in total. The van der Waals surface area contributed by atoms with Crippen LogP contribution in [0.25, 0.3) is 0 Å². The molecule has 1 aromatic carbocycles. The van der Waals surface area contributed by atoms with Gasteiger partial charge in [0.25, 0.3) is 0 Å². The van der Waals surface area contributed by atoms with Crippen molar-refractivity contribution in [2.45, 2.75) is 19.5 Å². The molecule has 0 aliphatic carbocycles. The summed E-state index contributed by atoms with van der Waals surface area (Å²) in [6.07, 6.45) is 0. The van der Waals surface area contributed by atoms with Crippen LogP contribution in [-0.2, 0) is 16.1 Å². The molecule has 21 heavy (non-hydrogen) atoms. The van der Waals surface area contributed by atoms with E-state index < -0.39 is 12.0 Å². The number of rotatable bonds is 6. The van der Waals surface area contributed by atoms with Crippen LogP contribution in [0.2, 0.25) is 0 Å². The van der Waals surface area contributed by atoms with Gasteiger partial charge in [-0.1, -0.05) is 12.1 Å². The summed E-state index contributed by atoms with van der Waals surface area (Å²) in [5, 5.41) is 11.8. The van der Waals surface area contributed by atoms with Crippen molar-refractivity contribution in [3.63, 3.8) is 0 Å². The molecule has 0 saturated heterocycles. The van der Waals surface area contributed by atoms with Gasteiger partial charge in [-0.25, -0.2) is 9.18 Å². The van der Waals surface area contributed by atoms with Crippen LogP contribution < -0.4 is 0 Å². The van der Waals surface area contributed by atoms with Crippen molar-refractivity contribution in [2.24, 2.45) is 10.2 Å². The first-order chi connectivity index (χ1) is 10.2. The highest BCUT2D eigenvalue weighted by Crippen LogP contribution is 2.22. The van der Waals surface area contributed by atoms with Crippen LogP contribution in [0.4, 0.5) is 4.39 Å². The quantitative estimate of drug-likeness (QED) is 0.595. The second-order valence-electron chi connectivity index (χ2n) is 4.25. The molecule has 0 amide bonds. The number of thiophene rings is 1. The summed E-state index contributed by atoms with van der Waals surface area (Å²) in [6, 6.07) is 7.09. The van der Waals surface area contributed by atoms with Crippen LogP contribution in [0.3, 0.4) is 0 Å². The Balaban J connectivity index is 2.06. The maximum Gasteiger partial charge on any atom is 0.337 e. The van der Waals surface area contributed by atoms with Gasteiger partial charge in [-0.15, -0.1) is 0 Å². The fourth-order valence-electron chi connectivity index (χ4n) is 1.70. The normalized spacial score (nSPS) is 12.5. The van der Waals surface area contributed by atoms with Gasteiger partial charge < -0.3 is 4.74 Å². The van der Waals surface area contributed by atoms with Gasteiger partial charge in [0.05, 0.1) is 13.2 Å². The van der Waals surface area contributed by atoms with E-state index >= 15 is 0 Å². The second-order valence-corrected chi connectivity index (χ2v) is 5.03. The number of ether oxygens (including phenoxy) is 1. The Morgan fingerprint density at radius 2 is 2.10 bits per heavy atom. The monoisotopic (exact) mass is 306 g/mol. The Hall–Kier alpha value is -2.08. The van der Waals surface area contributed by atoms with Gasteiger partial charge in [0.1, 0.15) is 5.82 Å². The molecule has 0 bridgehead atoms. The van der Waals surface area contributed by atoms with Crippen molar-refractivity contribution in [3.05, 3.63) is 58.0 Å². The van der Waals surface area contributed by atoms with Gasteiger partial charge in [0.15, 0.2) is 6.04 Å². The highest BCUT2D eigenvalue weighted by atomic mass is 32.1. The largest absolute Gasteiger partial charge is 0.464 e. The Labute approximate surface area is 126 Å². The predicted octanol–water partition coefficient (Wildman–Crippen LogP) is 4.14. The minimum Gasteiger partial charge on any atom is -0.464 e. The van der Waals surface area contributed by atoms with Crippen molar-refractivity contribution >= 4 is 17.3 Å². The minimum absolute atomic E-state index is 0.292. The zero-order valence-electron chi connectivity index (χ0n) is 11.5. The summed E-state index contributed by atoms with van der Waals surface area (Å²) in [4.78, 5) is 11.9. The first-order valence-corrected chi connectivity index (χ1v) is 7.44. The van der Waals surface area contributed by atoms with E-state index in [4.69, 9.17) is 4.74 Å². The van der Waals surface area contributed by atoms with Crippen molar-refractivity contribution in [1.82, 2.24) is 0 Å². The van der Waals surface area contributed by atoms with Gasteiger partial charge in [-0.2, -0.15) is 21.6 Å². The van der Waals surface area contributed by atoms with Crippen LogP contribution in [0.5, 0.6) is 0 Å².